The molecule has 7 heteroatoms. The zero-order valence-corrected chi connectivity index (χ0v) is 18.3. The number of thiophene rings is 1. The van der Waals surface area contributed by atoms with E-state index in [-0.39, 0.29) is 5.97 Å². The fourth-order valence-electron chi connectivity index (χ4n) is 3.14. The molecule has 0 atom stereocenters. The van der Waals surface area contributed by atoms with Crippen LogP contribution in [0.25, 0.3) is 21.3 Å². The maximum absolute atomic E-state index is 11.9. The molecule has 0 bridgehead atoms. The summed E-state index contributed by atoms with van der Waals surface area (Å²) in [6, 6.07) is 15.4. The Morgan fingerprint density at radius 3 is 2.52 bits per heavy atom. The number of esters is 1. The molecule has 0 aliphatic rings. The molecular formula is C22H18BrN3O2S. The van der Waals surface area contributed by atoms with Crippen LogP contribution >= 0.6 is 27.3 Å². The normalized spacial score (nSPS) is 10.9. The van der Waals surface area contributed by atoms with Crippen LogP contribution < -0.4 is 5.32 Å². The molecule has 0 fully saturated rings. The molecule has 0 spiro atoms. The van der Waals surface area contributed by atoms with Crippen LogP contribution in [0.4, 0.5) is 11.5 Å². The van der Waals surface area contributed by atoms with Crippen LogP contribution in [0.1, 0.15) is 22.2 Å². The van der Waals surface area contributed by atoms with Crippen molar-refractivity contribution in [2.45, 2.75) is 13.8 Å². The number of aryl methyl sites for hydroxylation is 1. The van der Waals surface area contributed by atoms with Gasteiger partial charge in [0.05, 0.1) is 17.6 Å². The van der Waals surface area contributed by atoms with Crippen molar-refractivity contribution < 1.29 is 9.53 Å². The molecule has 146 valence electrons. The van der Waals surface area contributed by atoms with Crippen molar-refractivity contribution in [1.82, 2.24) is 9.97 Å². The van der Waals surface area contributed by atoms with E-state index >= 15 is 0 Å². The summed E-state index contributed by atoms with van der Waals surface area (Å²) in [4.78, 5) is 22.9. The highest BCUT2D eigenvalue weighted by Gasteiger charge is 2.17. The average molecular weight is 468 g/mol. The van der Waals surface area contributed by atoms with Gasteiger partial charge in [0, 0.05) is 20.6 Å². The Labute approximate surface area is 180 Å². The number of hydrogen-bond acceptors (Lipinski definition) is 6. The Bertz CT molecular complexity index is 1170. The van der Waals surface area contributed by atoms with E-state index in [1.54, 1.807) is 36.7 Å². The summed E-state index contributed by atoms with van der Waals surface area (Å²) in [6.07, 6.45) is 1.57. The van der Waals surface area contributed by atoms with Gasteiger partial charge in [-0.2, -0.15) is 0 Å². The Morgan fingerprint density at radius 2 is 1.83 bits per heavy atom. The van der Waals surface area contributed by atoms with Crippen LogP contribution in [0, 0.1) is 6.92 Å². The lowest BCUT2D eigenvalue weighted by Gasteiger charge is -2.10. The first-order valence-electron chi connectivity index (χ1n) is 9.11. The summed E-state index contributed by atoms with van der Waals surface area (Å²) in [7, 11) is 0. The van der Waals surface area contributed by atoms with E-state index in [0.717, 1.165) is 37.3 Å². The van der Waals surface area contributed by atoms with Crippen molar-refractivity contribution in [3.8, 4) is 11.1 Å². The lowest BCUT2D eigenvalue weighted by molar-refractivity contribution is 0.0526. The molecule has 5 nitrogen and oxygen atoms in total. The first kappa shape index (κ1) is 19.5. The third-order valence-electron chi connectivity index (χ3n) is 4.46. The van der Waals surface area contributed by atoms with Gasteiger partial charge < -0.3 is 10.1 Å². The van der Waals surface area contributed by atoms with Crippen molar-refractivity contribution in [1.29, 1.82) is 0 Å². The Morgan fingerprint density at radius 1 is 1.10 bits per heavy atom. The van der Waals surface area contributed by atoms with Gasteiger partial charge in [-0.1, -0.05) is 28.1 Å². The molecule has 2 aromatic carbocycles. The molecule has 0 unspecified atom stereocenters. The smallest absolute Gasteiger partial charge is 0.338 e. The first-order valence-corrected chi connectivity index (χ1v) is 10.7. The van der Waals surface area contributed by atoms with Gasteiger partial charge in [-0.15, -0.1) is 11.3 Å². The van der Waals surface area contributed by atoms with E-state index in [2.05, 4.69) is 50.3 Å². The van der Waals surface area contributed by atoms with Crippen LogP contribution in [-0.4, -0.2) is 22.5 Å². The molecule has 1 N–H and O–H groups in total. The Balaban J connectivity index is 1.73. The van der Waals surface area contributed by atoms with E-state index < -0.39 is 0 Å². The number of rotatable bonds is 5. The number of ether oxygens (including phenoxy) is 1. The monoisotopic (exact) mass is 467 g/mol. The molecule has 4 rings (SSSR count). The van der Waals surface area contributed by atoms with Crippen molar-refractivity contribution >= 4 is 55.0 Å². The number of nitrogens with one attached hydrogen (secondary N) is 1. The van der Waals surface area contributed by atoms with Gasteiger partial charge in [-0.25, -0.2) is 14.8 Å². The van der Waals surface area contributed by atoms with Crippen molar-refractivity contribution in [3.05, 3.63) is 69.8 Å². The Hall–Kier alpha value is -2.77. The maximum atomic E-state index is 11.9. The highest BCUT2D eigenvalue weighted by molar-refractivity contribution is 9.10. The van der Waals surface area contributed by atoms with Gasteiger partial charge in [-0.3, -0.25) is 0 Å². The fraction of sp³-hybridized carbons (Fsp3) is 0.136. The van der Waals surface area contributed by atoms with E-state index in [0.29, 0.717) is 12.2 Å². The first-order chi connectivity index (χ1) is 14.1. The third kappa shape index (κ3) is 4.02. The molecule has 29 heavy (non-hydrogen) atoms. The number of halogens is 1. The third-order valence-corrected chi connectivity index (χ3v) is 6.00. The van der Waals surface area contributed by atoms with Crippen LogP contribution in [0.2, 0.25) is 0 Å². The van der Waals surface area contributed by atoms with E-state index in [1.807, 2.05) is 24.3 Å². The number of carbonyl (C=O) groups is 1. The van der Waals surface area contributed by atoms with Gasteiger partial charge in [0.2, 0.25) is 0 Å². The van der Waals surface area contributed by atoms with Gasteiger partial charge in [0.15, 0.2) is 0 Å². The molecule has 4 aromatic rings. The minimum absolute atomic E-state index is 0.325. The number of aromatic nitrogens is 2. The van der Waals surface area contributed by atoms with Gasteiger partial charge in [0.25, 0.3) is 0 Å². The lowest BCUT2D eigenvalue weighted by atomic mass is 10.0. The number of hydrogen-bond donors (Lipinski definition) is 1. The van der Waals surface area contributed by atoms with Crippen LogP contribution in [0.3, 0.4) is 0 Å². The van der Waals surface area contributed by atoms with Crippen molar-refractivity contribution in [2.75, 3.05) is 11.9 Å². The second-order valence-electron chi connectivity index (χ2n) is 6.37. The largest absolute Gasteiger partial charge is 0.462 e. The van der Waals surface area contributed by atoms with Gasteiger partial charge in [-0.05, 0) is 55.8 Å². The number of benzene rings is 2. The van der Waals surface area contributed by atoms with Gasteiger partial charge in [0.1, 0.15) is 17.0 Å². The van der Waals surface area contributed by atoms with E-state index in [4.69, 9.17) is 4.74 Å². The maximum Gasteiger partial charge on any atom is 0.338 e. The van der Waals surface area contributed by atoms with Crippen molar-refractivity contribution in [3.63, 3.8) is 0 Å². The molecule has 0 amide bonds. The number of nitrogens with zero attached hydrogens (tertiary/aromatic N) is 2. The molecule has 0 radical (unpaired) electrons. The number of anilines is 2. The van der Waals surface area contributed by atoms with Gasteiger partial charge >= 0.3 is 5.97 Å². The number of carbonyl (C=O) groups excluding carboxylic acids is 1. The average Bonchev–Trinajstić information content (AvgIpc) is 3.06. The number of fused-ring (bicyclic) bond motifs is 1. The lowest BCUT2D eigenvalue weighted by Crippen LogP contribution is -2.04. The summed E-state index contributed by atoms with van der Waals surface area (Å²) in [5, 5.41) is 4.37. The molecular weight excluding hydrogens is 450 g/mol. The highest BCUT2D eigenvalue weighted by Crippen LogP contribution is 2.41. The fourth-order valence-corrected chi connectivity index (χ4v) is 4.42. The summed E-state index contributed by atoms with van der Waals surface area (Å²) < 4.78 is 6.07. The zero-order chi connectivity index (χ0) is 20.4. The standard InChI is InChI=1S/C22H18BrN3O2S/c1-3-28-22(27)15-6-10-17(11-7-15)26-20-19-18(14-4-8-16(23)9-5-14)13(2)29-21(19)25-12-24-20/h4-12H,3H2,1-2H3,(H,24,25,26). The molecule has 2 heterocycles. The molecule has 2 aromatic heterocycles. The van der Waals surface area contributed by atoms with Crippen molar-refractivity contribution in [2.24, 2.45) is 0 Å². The zero-order valence-electron chi connectivity index (χ0n) is 15.9. The molecule has 0 saturated heterocycles. The van der Waals surface area contributed by atoms with Crippen LogP contribution in [0.5, 0.6) is 0 Å². The van der Waals surface area contributed by atoms with E-state index in [9.17, 15) is 4.79 Å². The van der Waals surface area contributed by atoms with Crippen LogP contribution in [-0.2, 0) is 4.74 Å². The second kappa shape index (κ2) is 8.31. The Kier molecular flexibility index (Phi) is 5.60. The minimum atomic E-state index is -0.325. The summed E-state index contributed by atoms with van der Waals surface area (Å²) in [5.41, 5.74) is 3.60. The second-order valence-corrected chi connectivity index (χ2v) is 8.48. The topological polar surface area (TPSA) is 64.1 Å². The van der Waals surface area contributed by atoms with Crippen LogP contribution in [0.15, 0.2) is 59.3 Å². The molecule has 0 saturated carbocycles. The predicted octanol–water partition coefficient (Wildman–Crippen LogP) is 6.35. The molecule has 0 aliphatic carbocycles. The minimum Gasteiger partial charge on any atom is -0.462 e. The summed E-state index contributed by atoms with van der Waals surface area (Å²) in [6.45, 7) is 4.25. The molecule has 0 aliphatic heterocycles. The predicted molar refractivity (Wildman–Crippen MR) is 121 cm³/mol. The summed E-state index contributed by atoms with van der Waals surface area (Å²) >= 11 is 5.14. The van der Waals surface area contributed by atoms with E-state index in [1.165, 1.54) is 4.88 Å². The summed E-state index contributed by atoms with van der Waals surface area (Å²) in [5.74, 6) is 0.413. The quantitative estimate of drug-likeness (QED) is 0.346. The highest BCUT2D eigenvalue weighted by atomic mass is 79.9. The SMILES string of the molecule is CCOC(=O)c1ccc(Nc2ncnc3sc(C)c(-c4ccc(Br)cc4)c23)cc1.